The third-order valence-electron chi connectivity index (χ3n) is 4.56. The van der Waals surface area contributed by atoms with Crippen LogP contribution >= 0.6 is 0 Å². The van der Waals surface area contributed by atoms with Gasteiger partial charge in [0.1, 0.15) is 12.4 Å². The van der Waals surface area contributed by atoms with Crippen molar-refractivity contribution in [3.05, 3.63) is 54.1 Å². The molecule has 0 unspecified atom stereocenters. The number of hydrogen-bond acceptors (Lipinski definition) is 3. The molecule has 2 aromatic rings. The van der Waals surface area contributed by atoms with Crippen molar-refractivity contribution >= 4 is 17.4 Å². The second-order valence-electron chi connectivity index (χ2n) is 6.47. The quantitative estimate of drug-likeness (QED) is 0.739. The first-order valence-corrected chi connectivity index (χ1v) is 9.36. The maximum atomic E-state index is 12.0. The minimum Gasteiger partial charge on any atom is -0.492 e. The third-order valence-corrected chi connectivity index (χ3v) is 4.56. The van der Waals surface area contributed by atoms with Crippen LogP contribution in [0.25, 0.3) is 0 Å². The molecule has 5 nitrogen and oxygen atoms in total. The molecule has 2 aromatic carbocycles. The molecule has 1 aliphatic heterocycles. The van der Waals surface area contributed by atoms with E-state index < -0.39 is 0 Å². The molecule has 0 saturated carbocycles. The molecule has 0 aromatic heterocycles. The van der Waals surface area contributed by atoms with Crippen LogP contribution < -0.4 is 20.3 Å². The molecule has 1 saturated heterocycles. The van der Waals surface area contributed by atoms with Gasteiger partial charge in [-0.05, 0) is 61.2 Å². The molecule has 0 atom stereocenters. The van der Waals surface area contributed by atoms with E-state index in [2.05, 4.69) is 40.7 Å². The minimum absolute atomic E-state index is 0.218. The van der Waals surface area contributed by atoms with Crippen molar-refractivity contribution in [3.8, 4) is 5.75 Å². The molecule has 3 rings (SSSR count). The first-order chi connectivity index (χ1) is 12.7. The Labute approximate surface area is 155 Å². The summed E-state index contributed by atoms with van der Waals surface area (Å²) in [5.74, 6) is 0.837. The summed E-state index contributed by atoms with van der Waals surface area (Å²) in [6.45, 7) is 5.24. The molecular formula is C21H27N3O2. The Hall–Kier alpha value is -2.69. The molecule has 0 spiro atoms. The van der Waals surface area contributed by atoms with Crippen LogP contribution in [0, 0.1) is 0 Å². The Kier molecular flexibility index (Phi) is 6.36. The van der Waals surface area contributed by atoms with Gasteiger partial charge in [0.05, 0.1) is 6.54 Å². The number of hydrogen-bond donors (Lipinski definition) is 2. The number of amides is 2. The summed E-state index contributed by atoms with van der Waals surface area (Å²) >= 11 is 0. The fraction of sp³-hybridized carbons (Fsp3) is 0.381. The third kappa shape index (κ3) is 5.15. The van der Waals surface area contributed by atoms with Gasteiger partial charge in [-0.25, -0.2) is 4.79 Å². The molecule has 5 heteroatoms. The lowest BCUT2D eigenvalue weighted by molar-refractivity contribution is 0.247. The van der Waals surface area contributed by atoms with Gasteiger partial charge >= 0.3 is 6.03 Å². The fourth-order valence-corrected chi connectivity index (χ4v) is 3.09. The highest BCUT2D eigenvalue weighted by Gasteiger charge is 2.12. The van der Waals surface area contributed by atoms with Crippen molar-refractivity contribution in [1.82, 2.24) is 5.32 Å². The minimum atomic E-state index is -0.218. The zero-order valence-corrected chi connectivity index (χ0v) is 15.3. The summed E-state index contributed by atoms with van der Waals surface area (Å²) in [5.41, 5.74) is 3.25. The number of nitrogens with zero attached hydrogens (tertiary/aromatic N) is 1. The lowest BCUT2D eigenvalue weighted by Gasteiger charge is -2.17. The van der Waals surface area contributed by atoms with Gasteiger partial charge in [0.2, 0.25) is 0 Å². The number of urea groups is 1. The van der Waals surface area contributed by atoms with E-state index in [1.807, 2.05) is 30.3 Å². The van der Waals surface area contributed by atoms with Gasteiger partial charge in [-0.15, -0.1) is 0 Å². The number of benzene rings is 2. The highest BCUT2D eigenvalue weighted by molar-refractivity contribution is 5.89. The predicted octanol–water partition coefficient (Wildman–Crippen LogP) is 4.05. The zero-order valence-electron chi connectivity index (χ0n) is 15.3. The molecule has 138 valence electrons. The number of aryl methyl sites for hydroxylation is 1. The van der Waals surface area contributed by atoms with Gasteiger partial charge in [0.15, 0.2) is 0 Å². The second-order valence-corrected chi connectivity index (χ2v) is 6.47. The van der Waals surface area contributed by atoms with Crippen LogP contribution in [0.1, 0.15) is 25.3 Å². The van der Waals surface area contributed by atoms with Gasteiger partial charge in [-0.1, -0.05) is 19.1 Å². The SMILES string of the molecule is CCc1cccc(OCCNC(=O)Nc2ccc(N3CCCC3)cc2)c1. The molecule has 26 heavy (non-hydrogen) atoms. The number of rotatable bonds is 7. The van der Waals surface area contributed by atoms with Gasteiger partial charge in [0.25, 0.3) is 0 Å². The van der Waals surface area contributed by atoms with Gasteiger partial charge in [0, 0.05) is 24.5 Å². The molecule has 0 radical (unpaired) electrons. The molecule has 2 N–H and O–H groups in total. The van der Waals surface area contributed by atoms with Gasteiger partial charge in [-0.3, -0.25) is 0 Å². The topological polar surface area (TPSA) is 53.6 Å². The Morgan fingerprint density at radius 3 is 2.62 bits per heavy atom. The van der Waals surface area contributed by atoms with Crippen LogP contribution in [0.2, 0.25) is 0 Å². The Bertz CT molecular complexity index is 709. The monoisotopic (exact) mass is 353 g/mol. The van der Waals surface area contributed by atoms with Crippen LogP contribution in [0.5, 0.6) is 5.75 Å². The van der Waals surface area contributed by atoms with E-state index in [9.17, 15) is 4.79 Å². The van der Waals surface area contributed by atoms with E-state index in [0.29, 0.717) is 13.2 Å². The Balaban J connectivity index is 1.38. The second kappa shape index (κ2) is 9.13. The summed E-state index contributed by atoms with van der Waals surface area (Å²) in [6, 6.07) is 15.8. The molecule has 0 bridgehead atoms. The molecule has 0 aliphatic carbocycles. The average Bonchev–Trinajstić information content (AvgIpc) is 3.21. The van der Waals surface area contributed by atoms with E-state index in [1.54, 1.807) is 0 Å². The number of ether oxygens (including phenoxy) is 1. The van der Waals surface area contributed by atoms with Crippen LogP contribution in [0.15, 0.2) is 48.5 Å². The van der Waals surface area contributed by atoms with Crippen LogP contribution in [-0.2, 0) is 6.42 Å². The van der Waals surface area contributed by atoms with Crippen molar-refractivity contribution in [1.29, 1.82) is 0 Å². The molecular weight excluding hydrogens is 326 g/mol. The van der Waals surface area contributed by atoms with Gasteiger partial charge < -0.3 is 20.3 Å². The zero-order chi connectivity index (χ0) is 18.2. The van der Waals surface area contributed by atoms with Crippen LogP contribution in [0.3, 0.4) is 0 Å². The van der Waals surface area contributed by atoms with E-state index >= 15 is 0 Å². The van der Waals surface area contributed by atoms with Crippen molar-refractivity contribution in [2.24, 2.45) is 0 Å². The lowest BCUT2D eigenvalue weighted by Crippen LogP contribution is -2.32. The number of anilines is 2. The average molecular weight is 353 g/mol. The van der Waals surface area contributed by atoms with Crippen LogP contribution in [-0.4, -0.2) is 32.3 Å². The summed E-state index contributed by atoms with van der Waals surface area (Å²) in [4.78, 5) is 14.3. The van der Waals surface area contributed by atoms with E-state index in [1.165, 1.54) is 24.1 Å². The van der Waals surface area contributed by atoms with Crippen molar-refractivity contribution in [3.63, 3.8) is 0 Å². The van der Waals surface area contributed by atoms with E-state index in [0.717, 1.165) is 30.9 Å². The molecule has 1 fully saturated rings. The maximum absolute atomic E-state index is 12.0. The maximum Gasteiger partial charge on any atom is 0.319 e. The largest absolute Gasteiger partial charge is 0.492 e. The Morgan fingerprint density at radius 2 is 1.88 bits per heavy atom. The highest BCUT2D eigenvalue weighted by atomic mass is 16.5. The standard InChI is InChI=1S/C21H27N3O2/c1-2-17-6-5-7-20(16-17)26-15-12-22-21(25)23-18-8-10-19(11-9-18)24-13-3-4-14-24/h5-11,16H,2-4,12-15H2,1H3,(H2,22,23,25). The summed E-state index contributed by atoms with van der Waals surface area (Å²) in [5, 5.41) is 5.67. The first kappa shape index (κ1) is 18.1. The first-order valence-electron chi connectivity index (χ1n) is 9.36. The lowest BCUT2D eigenvalue weighted by atomic mass is 10.2. The van der Waals surface area contributed by atoms with Crippen molar-refractivity contribution in [2.45, 2.75) is 26.2 Å². The Morgan fingerprint density at radius 1 is 1.12 bits per heavy atom. The summed E-state index contributed by atoms with van der Waals surface area (Å²) in [7, 11) is 0. The highest BCUT2D eigenvalue weighted by Crippen LogP contribution is 2.22. The molecule has 2 amide bonds. The number of carbonyl (C=O) groups excluding carboxylic acids is 1. The molecule has 1 heterocycles. The predicted molar refractivity (Wildman–Crippen MR) is 106 cm³/mol. The van der Waals surface area contributed by atoms with Crippen LogP contribution in [0.4, 0.5) is 16.2 Å². The van der Waals surface area contributed by atoms with Gasteiger partial charge in [-0.2, -0.15) is 0 Å². The van der Waals surface area contributed by atoms with Crippen molar-refractivity contribution in [2.75, 3.05) is 36.5 Å². The van der Waals surface area contributed by atoms with E-state index in [4.69, 9.17) is 4.74 Å². The van der Waals surface area contributed by atoms with E-state index in [-0.39, 0.29) is 6.03 Å². The normalized spacial score (nSPS) is 13.5. The number of carbonyl (C=O) groups is 1. The fourth-order valence-electron chi connectivity index (χ4n) is 3.09. The summed E-state index contributed by atoms with van der Waals surface area (Å²) in [6.07, 6.45) is 3.49. The smallest absolute Gasteiger partial charge is 0.319 e. The number of nitrogens with one attached hydrogen (secondary N) is 2. The summed E-state index contributed by atoms with van der Waals surface area (Å²) < 4.78 is 5.67. The van der Waals surface area contributed by atoms with Crippen molar-refractivity contribution < 1.29 is 9.53 Å². The molecule has 1 aliphatic rings.